The molecule has 0 aromatic heterocycles. The molecule has 0 radical (unpaired) electrons. The molecule has 2 atom stereocenters. The molecule has 11 nitrogen and oxygen atoms in total. The summed E-state index contributed by atoms with van der Waals surface area (Å²) in [7, 11) is 0. The summed E-state index contributed by atoms with van der Waals surface area (Å²) >= 11 is 0. The van der Waals surface area contributed by atoms with Gasteiger partial charge in [0.25, 0.3) is 0 Å². The minimum atomic E-state index is -1.21. The fourth-order valence-electron chi connectivity index (χ4n) is 4.34. The molecule has 0 bridgehead atoms. The molecule has 3 N–H and O–H groups in total. The van der Waals surface area contributed by atoms with Crippen LogP contribution in [0.15, 0.2) is 48.5 Å². The molecule has 1 fully saturated rings. The van der Waals surface area contributed by atoms with Crippen LogP contribution in [0.4, 0.5) is 4.79 Å². The van der Waals surface area contributed by atoms with Crippen molar-refractivity contribution in [3.05, 3.63) is 59.7 Å². The van der Waals surface area contributed by atoms with Crippen LogP contribution in [0.25, 0.3) is 11.1 Å². The zero-order valence-electron chi connectivity index (χ0n) is 23.6. The minimum absolute atomic E-state index is 0.0319. The number of hydrogen-bond donors (Lipinski definition) is 3. The van der Waals surface area contributed by atoms with Gasteiger partial charge >= 0.3 is 12.1 Å². The predicted octanol–water partition coefficient (Wildman–Crippen LogP) is 3.16. The highest BCUT2D eigenvalue weighted by atomic mass is 16.6. The van der Waals surface area contributed by atoms with Crippen molar-refractivity contribution in [3.63, 3.8) is 0 Å². The number of carbonyl (C=O) groups excluding carboxylic acids is 4. The fourth-order valence-corrected chi connectivity index (χ4v) is 4.34. The lowest BCUT2D eigenvalue weighted by Gasteiger charge is -2.36. The van der Waals surface area contributed by atoms with Crippen molar-refractivity contribution < 1.29 is 38.6 Å². The Kier molecular flexibility index (Phi) is 11.0. The van der Waals surface area contributed by atoms with Crippen molar-refractivity contribution in [1.29, 1.82) is 0 Å². The Labute approximate surface area is 239 Å². The second-order valence-corrected chi connectivity index (χ2v) is 10.8. The Balaban J connectivity index is 1.69. The number of carbonyl (C=O) groups is 5. The van der Waals surface area contributed by atoms with E-state index >= 15 is 0 Å². The van der Waals surface area contributed by atoms with Crippen LogP contribution in [-0.4, -0.2) is 77.7 Å². The number of carboxylic acids is 1. The van der Waals surface area contributed by atoms with E-state index in [1.807, 2.05) is 36.4 Å². The Morgan fingerprint density at radius 2 is 1.85 bits per heavy atom. The summed E-state index contributed by atoms with van der Waals surface area (Å²) in [6.07, 6.45) is 0.519. The molecule has 1 aliphatic heterocycles. The number of amides is 3. The Bertz CT molecular complexity index is 1240. The number of benzene rings is 2. The SMILES string of the molecule is CC(C)(C)OC(=O)N1CCCOC1CCC(=O)N[C@@H](Cc1cccc(-c2ccc(C=O)cc2)c1)C(=O)NCC(=O)O. The van der Waals surface area contributed by atoms with Crippen LogP contribution in [-0.2, 0) is 30.3 Å². The smallest absolute Gasteiger partial charge is 0.412 e. The third-order valence-corrected chi connectivity index (χ3v) is 6.26. The van der Waals surface area contributed by atoms with E-state index in [-0.39, 0.29) is 19.3 Å². The van der Waals surface area contributed by atoms with Crippen LogP contribution in [0, 0.1) is 0 Å². The zero-order chi connectivity index (χ0) is 30.0. The van der Waals surface area contributed by atoms with Crippen LogP contribution in [0.5, 0.6) is 0 Å². The molecule has 1 aliphatic rings. The molecule has 3 rings (SSSR count). The first-order chi connectivity index (χ1) is 19.4. The fraction of sp³-hybridized carbons (Fsp3) is 0.433. The first kappa shape index (κ1) is 31.3. The highest BCUT2D eigenvalue weighted by Crippen LogP contribution is 2.22. The normalized spacial score (nSPS) is 15.9. The molecule has 2 aromatic rings. The second kappa shape index (κ2) is 14.4. The van der Waals surface area contributed by atoms with Gasteiger partial charge < -0.3 is 25.2 Å². The lowest BCUT2D eigenvalue weighted by molar-refractivity contribution is -0.138. The highest BCUT2D eigenvalue weighted by Gasteiger charge is 2.32. The van der Waals surface area contributed by atoms with Crippen LogP contribution in [0.1, 0.15) is 56.0 Å². The number of rotatable bonds is 11. The van der Waals surface area contributed by atoms with E-state index < -0.39 is 48.3 Å². The van der Waals surface area contributed by atoms with E-state index in [0.29, 0.717) is 25.1 Å². The molecule has 1 unspecified atom stereocenters. The van der Waals surface area contributed by atoms with Gasteiger partial charge in [0.15, 0.2) is 0 Å². The van der Waals surface area contributed by atoms with Crippen molar-refractivity contribution in [3.8, 4) is 11.1 Å². The van der Waals surface area contributed by atoms with E-state index in [4.69, 9.17) is 14.6 Å². The van der Waals surface area contributed by atoms with Crippen LogP contribution >= 0.6 is 0 Å². The van der Waals surface area contributed by atoms with Crippen LogP contribution in [0.3, 0.4) is 0 Å². The van der Waals surface area contributed by atoms with Crippen LogP contribution in [0.2, 0.25) is 0 Å². The largest absolute Gasteiger partial charge is 0.480 e. The topological polar surface area (TPSA) is 151 Å². The van der Waals surface area contributed by atoms with Crippen molar-refractivity contribution in [2.24, 2.45) is 0 Å². The molecule has 3 amide bonds. The summed E-state index contributed by atoms with van der Waals surface area (Å²) in [6.45, 7) is 5.61. The summed E-state index contributed by atoms with van der Waals surface area (Å²) in [4.78, 5) is 61.9. The Morgan fingerprint density at radius 3 is 2.51 bits per heavy atom. The lowest BCUT2D eigenvalue weighted by Crippen LogP contribution is -2.50. The number of aldehydes is 1. The van der Waals surface area contributed by atoms with E-state index in [1.54, 1.807) is 32.9 Å². The van der Waals surface area contributed by atoms with Crippen molar-refractivity contribution >= 4 is 30.2 Å². The monoisotopic (exact) mass is 567 g/mol. The number of ether oxygens (including phenoxy) is 2. The summed E-state index contributed by atoms with van der Waals surface area (Å²) in [6, 6.07) is 13.4. The number of carboxylic acid groups (broad SMARTS) is 1. The van der Waals surface area contributed by atoms with Crippen molar-refractivity contribution in [1.82, 2.24) is 15.5 Å². The van der Waals surface area contributed by atoms with E-state index in [9.17, 15) is 24.0 Å². The minimum Gasteiger partial charge on any atom is -0.480 e. The third kappa shape index (κ3) is 10.0. The summed E-state index contributed by atoms with van der Waals surface area (Å²) in [5.41, 5.74) is 2.34. The number of nitrogens with zero attached hydrogens (tertiary/aromatic N) is 1. The maximum Gasteiger partial charge on any atom is 0.412 e. The van der Waals surface area contributed by atoms with E-state index in [2.05, 4.69) is 10.6 Å². The maximum atomic E-state index is 13.0. The maximum absolute atomic E-state index is 13.0. The van der Waals surface area contributed by atoms with Gasteiger partial charge in [-0.1, -0.05) is 48.5 Å². The first-order valence-corrected chi connectivity index (χ1v) is 13.5. The van der Waals surface area contributed by atoms with Gasteiger partial charge in [0.2, 0.25) is 11.8 Å². The molecule has 11 heteroatoms. The number of hydrogen-bond acceptors (Lipinski definition) is 7. The lowest BCUT2D eigenvalue weighted by atomic mass is 9.98. The molecule has 1 heterocycles. The van der Waals surface area contributed by atoms with Gasteiger partial charge in [-0.05, 0) is 43.9 Å². The van der Waals surface area contributed by atoms with Crippen molar-refractivity contribution in [2.75, 3.05) is 19.7 Å². The Morgan fingerprint density at radius 1 is 1.12 bits per heavy atom. The standard InChI is InChI=1S/C30H37N3O8/c1-30(2,3)41-29(39)33-14-5-15-40-26(33)13-12-25(35)32-24(28(38)31-18-27(36)37)17-21-6-4-7-23(16-21)22-10-8-20(19-34)9-11-22/h4,6-11,16,19,24,26H,5,12-15,17-18H2,1-3H3,(H,31,38)(H,32,35)(H,36,37)/t24-,26?/m0/s1. The quantitative estimate of drug-likeness (QED) is 0.350. The molecular weight excluding hydrogens is 530 g/mol. The van der Waals surface area contributed by atoms with E-state index in [1.165, 1.54) is 4.90 Å². The van der Waals surface area contributed by atoms with Crippen molar-refractivity contribution in [2.45, 2.75) is 64.3 Å². The van der Waals surface area contributed by atoms with Gasteiger partial charge in [0.1, 0.15) is 30.7 Å². The van der Waals surface area contributed by atoms with Gasteiger partial charge in [-0.3, -0.25) is 24.1 Å². The number of aliphatic carboxylic acids is 1. The second-order valence-electron chi connectivity index (χ2n) is 10.8. The van der Waals surface area contributed by atoms with Gasteiger partial charge in [0.05, 0.1) is 6.61 Å². The van der Waals surface area contributed by atoms with Crippen LogP contribution < -0.4 is 10.6 Å². The van der Waals surface area contributed by atoms with Gasteiger partial charge in [0, 0.05) is 31.4 Å². The summed E-state index contributed by atoms with van der Waals surface area (Å²) in [5.74, 6) is -2.29. The molecule has 0 spiro atoms. The number of nitrogens with one attached hydrogen (secondary N) is 2. The highest BCUT2D eigenvalue weighted by molar-refractivity contribution is 5.89. The average molecular weight is 568 g/mol. The molecular formula is C30H37N3O8. The summed E-state index contributed by atoms with van der Waals surface area (Å²) < 4.78 is 11.2. The molecule has 2 aromatic carbocycles. The molecule has 0 saturated carbocycles. The first-order valence-electron chi connectivity index (χ1n) is 13.5. The molecule has 1 saturated heterocycles. The zero-order valence-corrected chi connectivity index (χ0v) is 23.6. The summed E-state index contributed by atoms with van der Waals surface area (Å²) in [5, 5.41) is 14.1. The average Bonchev–Trinajstić information content (AvgIpc) is 2.94. The van der Waals surface area contributed by atoms with Gasteiger partial charge in [-0.2, -0.15) is 0 Å². The Hall–Kier alpha value is -4.25. The van der Waals surface area contributed by atoms with Gasteiger partial charge in [-0.15, -0.1) is 0 Å². The van der Waals surface area contributed by atoms with Gasteiger partial charge in [-0.25, -0.2) is 4.79 Å². The molecule has 41 heavy (non-hydrogen) atoms. The molecule has 220 valence electrons. The molecule has 0 aliphatic carbocycles. The predicted molar refractivity (Wildman–Crippen MR) is 150 cm³/mol. The van der Waals surface area contributed by atoms with E-state index in [0.717, 1.165) is 23.0 Å². The third-order valence-electron chi connectivity index (χ3n) is 6.26.